The Hall–Kier alpha value is -3.33. The SMILES string of the molecule is CCOC(=O)c1c(CN2CCC(C(=O)OCC)(c3ccccc3)CC2)n(-c2ccccc2)c2cc(Br)c(O)cc12.Cl. The van der Waals surface area contributed by atoms with Crippen molar-refractivity contribution in [1.29, 1.82) is 0 Å². The van der Waals surface area contributed by atoms with Gasteiger partial charge in [-0.15, -0.1) is 12.4 Å². The molecule has 216 valence electrons. The minimum atomic E-state index is -0.708. The fourth-order valence-electron chi connectivity index (χ4n) is 5.74. The zero-order valence-electron chi connectivity index (χ0n) is 23.1. The van der Waals surface area contributed by atoms with E-state index in [1.54, 1.807) is 13.0 Å². The number of carbonyl (C=O) groups excluding carboxylic acids is 2. The molecule has 0 bridgehead atoms. The van der Waals surface area contributed by atoms with Crippen LogP contribution in [0, 0.1) is 0 Å². The van der Waals surface area contributed by atoms with Gasteiger partial charge < -0.3 is 19.1 Å². The average molecular weight is 642 g/mol. The van der Waals surface area contributed by atoms with Gasteiger partial charge in [0.2, 0.25) is 0 Å². The molecule has 0 amide bonds. The van der Waals surface area contributed by atoms with E-state index in [9.17, 15) is 14.7 Å². The lowest BCUT2D eigenvalue weighted by Gasteiger charge is -2.40. The zero-order chi connectivity index (χ0) is 28.3. The van der Waals surface area contributed by atoms with Gasteiger partial charge in [-0.3, -0.25) is 9.69 Å². The number of benzene rings is 3. The van der Waals surface area contributed by atoms with Crippen molar-refractivity contribution in [3.05, 3.63) is 94.1 Å². The Morgan fingerprint density at radius 2 is 1.54 bits per heavy atom. The first-order valence-electron chi connectivity index (χ1n) is 13.6. The van der Waals surface area contributed by atoms with Gasteiger partial charge in [-0.2, -0.15) is 0 Å². The Morgan fingerprint density at radius 1 is 0.927 bits per heavy atom. The first-order valence-corrected chi connectivity index (χ1v) is 14.4. The van der Waals surface area contributed by atoms with Gasteiger partial charge >= 0.3 is 11.9 Å². The Morgan fingerprint density at radius 3 is 2.15 bits per heavy atom. The van der Waals surface area contributed by atoms with Crippen LogP contribution in [0.3, 0.4) is 0 Å². The van der Waals surface area contributed by atoms with E-state index in [-0.39, 0.29) is 30.7 Å². The molecule has 0 aliphatic carbocycles. The van der Waals surface area contributed by atoms with Crippen LogP contribution < -0.4 is 0 Å². The van der Waals surface area contributed by atoms with Crippen molar-refractivity contribution in [2.75, 3.05) is 26.3 Å². The molecule has 9 heteroatoms. The standard InChI is InChI=1S/C32H33BrN2O5.ClH/c1-3-39-30(37)29-24-19-28(36)25(33)20-26(24)35(23-13-9-6-10-14-23)27(29)21-34-17-15-32(16-18-34,31(38)40-4-2)22-11-7-5-8-12-22;/h5-14,19-20,36H,3-4,15-18,21H2,1-2H3;1H. The molecule has 0 spiro atoms. The number of carbonyl (C=O) groups is 2. The highest BCUT2D eigenvalue weighted by Crippen LogP contribution is 2.40. The number of rotatable bonds is 8. The number of para-hydroxylation sites is 1. The molecule has 1 aromatic heterocycles. The van der Waals surface area contributed by atoms with Crippen LogP contribution >= 0.6 is 28.3 Å². The molecule has 1 aliphatic heterocycles. The van der Waals surface area contributed by atoms with Crippen molar-refractivity contribution >= 4 is 51.2 Å². The summed E-state index contributed by atoms with van der Waals surface area (Å²) in [5.41, 5.74) is 3.17. The third-order valence-corrected chi connectivity index (χ3v) is 8.34. The van der Waals surface area contributed by atoms with Gasteiger partial charge in [-0.05, 0) is 85.5 Å². The number of aromatic nitrogens is 1. The van der Waals surface area contributed by atoms with Gasteiger partial charge in [-0.1, -0.05) is 48.5 Å². The number of fused-ring (bicyclic) bond motifs is 1. The van der Waals surface area contributed by atoms with Crippen LogP contribution in [0.4, 0.5) is 0 Å². The van der Waals surface area contributed by atoms with E-state index in [1.165, 1.54) is 0 Å². The third-order valence-electron chi connectivity index (χ3n) is 7.70. The summed E-state index contributed by atoms with van der Waals surface area (Å²) in [5.74, 6) is -0.567. The number of esters is 2. The molecule has 0 atom stereocenters. The molecule has 0 radical (unpaired) electrons. The topological polar surface area (TPSA) is 81.0 Å². The number of ether oxygens (including phenoxy) is 2. The van der Waals surface area contributed by atoms with E-state index in [0.717, 1.165) is 22.5 Å². The highest BCUT2D eigenvalue weighted by Gasteiger charge is 2.44. The van der Waals surface area contributed by atoms with Crippen LogP contribution in [0.1, 0.15) is 48.3 Å². The molecule has 0 saturated carbocycles. The van der Waals surface area contributed by atoms with E-state index in [1.807, 2.05) is 73.7 Å². The number of halogens is 2. The monoisotopic (exact) mass is 640 g/mol. The summed E-state index contributed by atoms with van der Waals surface area (Å²) in [6.45, 7) is 5.93. The van der Waals surface area contributed by atoms with Crippen molar-refractivity contribution in [3.8, 4) is 11.4 Å². The van der Waals surface area contributed by atoms with E-state index >= 15 is 0 Å². The molecule has 7 nitrogen and oxygen atoms in total. The maximum Gasteiger partial charge on any atom is 0.340 e. The number of hydrogen-bond donors (Lipinski definition) is 1. The fraction of sp³-hybridized carbons (Fsp3) is 0.312. The molecule has 1 aliphatic rings. The third kappa shape index (κ3) is 5.87. The summed E-state index contributed by atoms with van der Waals surface area (Å²) < 4.78 is 13.7. The summed E-state index contributed by atoms with van der Waals surface area (Å²) in [6.07, 6.45) is 1.20. The molecule has 5 rings (SSSR count). The Bertz CT molecular complexity index is 1520. The first-order chi connectivity index (χ1) is 19.4. The number of phenols is 1. The van der Waals surface area contributed by atoms with Gasteiger partial charge in [0.05, 0.1) is 39.9 Å². The number of aromatic hydroxyl groups is 1. The van der Waals surface area contributed by atoms with Crippen molar-refractivity contribution < 1.29 is 24.2 Å². The quantitative estimate of drug-likeness (QED) is 0.213. The highest BCUT2D eigenvalue weighted by atomic mass is 79.9. The van der Waals surface area contributed by atoms with Gasteiger partial charge in [0.15, 0.2) is 0 Å². The molecule has 1 N–H and O–H groups in total. The number of piperidine rings is 1. The molecule has 41 heavy (non-hydrogen) atoms. The maximum absolute atomic E-state index is 13.4. The number of nitrogens with zero attached hydrogens (tertiary/aromatic N) is 2. The molecular formula is C32H34BrClN2O5. The van der Waals surface area contributed by atoms with Crippen LogP contribution in [-0.2, 0) is 26.2 Å². The average Bonchev–Trinajstić information content (AvgIpc) is 3.27. The van der Waals surface area contributed by atoms with Gasteiger partial charge in [0.25, 0.3) is 0 Å². The molecule has 4 aromatic rings. The van der Waals surface area contributed by atoms with Crippen LogP contribution in [0.25, 0.3) is 16.6 Å². The highest BCUT2D eigenvalue weighted by molar-refractivity contribution is 9.10. The lowest BCUT2D eigenvalue weighted by Crippen LogP contribution is -2.48. The molecule has 1 fully saturated rings. The van der Waals surface area contributed by atoms with Crippen molar-refractivity contribution in [3.63, 3.8) is 0 Å². The first kappa shape index (κ1) is 30.6. The smallest absolute Gasteiger partial charge is 0.340 e. The molecule has 3 aromatic carbocycles. The maximum atomic E-state index is 13.4. The number of hydrogen-bond acceptors (Lipinski definition) is 6. The van der Waals surface area contributed by atoms with Gasteiger partial charge in [-0.25, -0.2) is 4.79 Å². The largest absolute Gasteiger partial charge is 0.507 e. The second-order valence-electron chi connectivity index (χ2n) is 9.98. The lowest BCUT2D eigenvalue weighted by molar-refractivity contribution is -0.152. The van der Waals surface area contributed by atoms with Gasteiger partial charge in [0.1, 0.15) is 5.75 Å². The molecule has 0 unspecified atom stereocenters. The zero-order valence-corrected chi connectivity index (χ0v) is 25.5. The van der Waals surface area contributed by atoms with E-state index in [0.29, 0.717) is 54.5 Å². The Kier molecular flexibility index (Phi) is 9.79. The molecule has 2 heterocycles. The van der Waals surface area contributed by atoms with Crippen molar-refractivity contribution in [1.82, 2.24) is 9.47 Å². The van der Waals surface area contributed by atoms with Crippen LogP contribution in [0.2, 0.25) is 0 Å². The van der Waals surface area contributed by atoms with Crippen molar-refractivity contribution in [2.24, 2.45) is 0 Å². The predicted octanol–water partition coefficient (Wildman–Crippen LogP) is 6.79. The lowest BCUT2D eigenvalue weighted by atomic mass is 9.72. The Balaban J connectivity index is 0.00000387. The molecule has 1 saturated heterocycles. The Labute approximate surface area is 254 Å². The van der Waals surface area contributed by atoms with Crippen molar-refractivity contribution in [2.45, 2.75) is 38.6 Å². The van der Waals surface area contributed by atoms with E-state index in [4.69, 9.17) is 9.47 Å². The number of likely N-dealkylation sites (tertiary alicyclic amines) is 1. The van der Waals surface area contributed by atoms with Crippen LogP contribution in [0.15, 0.2) is 77.3 Å². The summed E-state index contributed by atoms with van der Waals surface area (Å²) in [6, 6.07) is 23.2. The van der Waals surface area contributed by atoms with Crippen LogP contribution in [-0.4, -0.2) is 52.8 Å². The second kappa shape index (κ2) is 13.1. The van der Waals surface area contributed by atoms with E-state index < -0.39 is 11.4 Å². The fourth-order valence-corrected chi connectivity index (χ4v) is 6.08. The number of phenolic OH excluding ortho intramolecular Hbond substituents is 1. The van der Waals surface area contributed by atoms with E-state index in [2.05, 4.69) is 25.4 Å². The summed E-state index contributed by atoms with van der Waals surface area (Å²) in [5, 5.41) is 11.2. The predicted molar refractivity (Wildman–Crippen MR) is 165 cm³/mol. The summed E-state index contributed by atoms with van der Waals surface area (Å²) in [4.78, 5) is 29.0. The van der Waals surface area contributed by atoms with Gasteiger partial charge in [0, 0.05) is 17.6 Å². The minimum Gasteiger partial charge on any atom is -0.507 e. The summed E-state index contributed by atoms with van der Waals surface area (Å²) >= 11 is 3.45. The normalized spacial score (nSPS) is 14.8. The van der Waals surface area contributed by atoms with Crippen LogP contribution in [0.5, 0.6) is 5.75 Å². The second-order valence-corrected chi connectivity index (χ2v) is 10.8. The molecular weight excluding hydrogens is 608 g/mol. The summed E-state index contributed by atoms with van der Waals surface area (Å²) in [7, 11) is 0. The minimum absolute atomic E-state index is 0.